The van der Waals surface area contributed by atoms with E-state index in [1.165, 1.54) is 19.3 Å². The van der Waals surface area contributed by atoms with Gasteiger partial charge in [0.15, 0.2) is 0 Å². The molecular formula is C41H66O9. The second kappa shape index (κ2) is 15.4. The lowest BCUT2D eigenvalue weighted by atomic mass is 9.52. The molecule has 7 aliphatic carbocycles. The molecule has 8 rings (SSSR count). The standard InChI is InChI=1S/C15H24O3.C14H20O4.C12H22O2/c1-3-10(2)13(16)18-15-7-11-4-12(8-15)6-14(17,5-11)9-15;1-4-14(2,3)13(16)18-10-7-5-8-9(6-7)12(15)17-11(8)10;1-4-9(3)12(13)14-11-8-6-7-10(11)5-2/h10-12,17H,3-9H2,1-2H3;7-11H,4-6H2,1-3H3;9-11H,4-8H2,1-3H3. The molecule has 11 unspecified atom stereocenters. The molecule has 9 heteroatoms. The molecule has 0 aromatic heterocycles. The average Bonchev–Trinajstić information content (AvgIpc) is 3.82. The Hall–Kier alpha value is -2.16. The number of rotatable bonds is 10. The van der Waals surface area contributed by atoms with Gasteiger partial charge in [0.1, 0.15) is 23.9 Å². The van der Waals surface area contributed by atoms with E-state index in [2.05, 4.69) is 6.92 Å². The number of fused-ring (bicyclic) bond motifs is 1. The van der Waals surface area contributed by atoms with Gasteiger partial charge in [-0.25, -0.2) is 0 Å². The Balaban J connectivity index is 0.000000147. The summed E-state index contributed by atoms with van der Waals surface area (Å²) in [6, 6.07) is 0. The first-order chi connectivity index (χ1) is 23.6. The van der Waals surface area contributed by atoms with Crippen molar-refractivity contribution in [2.45, 2.75) is 181 Å². The topological polar surface area (TPSA) is 125 Å². The number of carbonyl (C=O) groups excluding carboxylic acids is 4. The van der Waals surface area contributed by atoms with Gasteiger partial charge < -0.3 is 24.1 Å². The van der Waals surface area contributed by atoms with Gasteiger partial charge in [0, 0.05) is 18.3 Å². The molecule has 0 aromatic rings. The zero-order chi connectivity index (χ0) is 36.6. The summed E-state index contributed by atoms with van der Waals surface area (Å²) in [7, 11) is 0. The van der Waals surface area contributed by atoms with Crippen LogP contribution in [-0.4, -0.2) is 58.5 Å². The Kier molecular flexibility index (Phi) is 12.1. The first kappa shape index (κ1) is 39.1. The van der Waals surface area contributed by atoms with Gasteiger partial charge in [-0.05, 0) is 121 Å². The molecule has 0 aromatic carbocycles. The monoisotopic (exact) mass is 702 g/mol. The second-order valence-electron chi connectivity index (χ2n) is 18.0. The van der Waals surface area contributed by atoms with Crippen LogP contribution < -0.4 is 0 Å². The number of aliphatic hydroxyl groups is 1. The van der Waals surface area contributed by atoms with Gasteiger partial charge >= 0.3 is 23.9 Å². The Morgan fingerprint density at radius 3 is 2.12 bits per heavy atom. The SMILES string of the molecule is CCC(C)(C)C(=O)OC1C2CC3C(=O)OC1C3C2.CCC(C)C(=O)OC12CC3CC(CC(O)(C3)C1)C2.CCC(C)C(=O)OC1CCCC1CC. The van der Waals surface area contributed by atoms with Crippen LogP contribution in [0.1, 0.15) is 152 Å². The third-order valence-electron chi connectivity index (χ3n) is 13.8. The molecule has 11 atom stereocenters. The molecule has 1 heterocycles. The van der Waals surface area contributed by atoms with Crippen molar-refractivity contribution >= 4 is 23.9 Å². The molecule has 9 nitrogen and oxygen atoms in total. The highest BCUT2D eigenvalue weighted by molar-refractivity contribution is 5.78. The van der Waals surface area contributed by atoms with E-state index in [4.69, 9.17) is 18.9 Å². The summed E-state index contributed by atoms with van der Waals surface area (Å²) in [6.07, 6.45) is 14.5. The molecule has 50 heavy (non-hydrogen) atoms. The highest BCUT2D eigenvalue weighted by Gasteiger charge is 2.63. The highest BCUT2D eigenvalue weighted by atomic mass is 16.6. The second-order valence-corrected chi connectivity index (χ2v) is 18.0. The number of carbonyl (C=O) groups is 4. The summed E-state index contributed by atoms with van der Waals surface area (Å²) < 4.78 is 22.4. The average molecular weight is 703 g/mol. The summed E-state index contributed by atoms with van der Waals surface area (Å²) in [6.45, 7) is 15.9. The number of hydrogen-bond acceptors (Lipinski definition) is 9. The predicted molar refractivity (Wildman–Crippen MR) is 188 cm³/mol. The third kappa shape index (κ3) is 8.23. The lowest BCUT2D eigenvalue weighted by Crippen LogP contribution is -2.60. The van der Waals surface area contributed by atoms with Crippen molar-refractivity contribution in [3.8, 4) is 0 Å². The predicted octanol–water partition coefficient (Wildman–Crippen LogP) is 7.73. The lowest BCUT2D eigenvalue weighted by molar-refractivity contribution is -0.222. The lowest BCUT2D eigenvalue weighted by Gasteiger charge is -2.59. The zero-order valence-electron chi connectivity index (χ0n) is 32.2. The molecule has 284 valence electrons. The van der Waals surface area contributed by atoms with Crippen molar-refractivity contribution in [1.29, 1.82) is 0 Å². The van der Waals surface area contributed by atoms with E-state index in [0.29, 0.717) is 36.0 Å². The van der Waals surface area contributed by atoms with E-state index in [1.54, 1.807) is 0 Å². The van der Waals surface area contributed by atoms with Crippen LogP contribution in [0.25, 0.3) is 0 Å². The molecule has 1 aliphatic heterocycles. The van der Waals surface area contributed by atoms with E-state index in [0.717, 1.165) is 70.6 Å². The number of esters is 4. The first-order valence-electron chi connectivity index (χ1n) is 20.1. The van der Waals surface area contributed by atoms with E-state index in [-0.39, 0.29) is 65.5 Å². The van der Waals surface area contributed by atoms with E-state index in [1.807, 2.05) is 48.5 Å². The van der Waals surface area contributed by atoms with Crippen LogP contribution in [0.3, 0.4) is 0 Å². The Bertz CT molecular complexity index is 1230. The zero-order valence-corrected chi connectivity index (χ0v) is 32.2. The number of hydrogen-bond donors (Lipinski definition) is 1. The van der Waals surface area contributed by atoms with Crippen LogP contribution in [0.4, 0.5) is 0 Å². The first-order valence-corrected chi connectivity index (χ1v) is 20.1. The summed E-state index contributed by atoms with van der Waals surface area (Å²) in [4.78, 5) is 47.4. The van der Waals surface area contributed by atoms with Crippen LogP contribution in [0.2, 0.25) is 0 Å². The van der Waals surface area contributed by atoms with Crippen molar-refractivity contribution in [2.24, 2.45) is 52.8 Å². The molecule has 1 saturated heterocycles. The molecular weight excluding hydrogens is 636 g/mol. The fourth-order valence-electron chi connectivity index (χ4n) is 10.3. The third-order valence-corrected chi connectivity index (χ3v) is 13.8. The molecule has 8 aliphatic rings. The van der Waals surface area contributed by atoms with Gasteiger partial charge in [-0.3, -0.25) is 19.2 Å². The molecule has 1 N–H and O–H groups in total. The Morgan fingerprint density at radius 2 is 1.54 bits per heavy atom. The van der Waals surface area contributed by atoms with Crippen molar-refractivity contribution < 1.29 is 43.2 Å². The quantitative estimate of drug-likeness (QED) is 0.180. The molecule has 8 fully saturated rings. The van der Waals surface area contributed by atoms with Gasteiger partial charge in [-0.15, -0.1) is 0 Å². The highest BCUT2D eigenvalue weighted by Crippen LogP contribution is 2.59. The summed E-state index contributed by atoms with van der Waals surface area (Å²) in [5.74, 6) is 2.18. The summed E-state index contributed by atoms with van der Waals surface area (Å²) >= 11 is 0. The fourth-order valence-corrected chi connectivity index (χ4v) is 10.3. The minimum Gasteiger partial charge on any atom is -0.462 e. The van der Waals surface area contributed by atoms with Crippen LogP contribution in [0.5, 0.6) is 0 Å². The van der Waals surface area contributed by atoms with Gasteiger partial charge in [-0.2, -0.15) is 0 Å². The van der Waals surface area contributed by atoms with Gasteiger partial charge in [0.2, 0.25) is 0 Å². The largest absolute Gasteiger partial charge is 0.462 e. The maximum Gasteiger partial charge on any atom is 0.311 e. The number of ether oxygens (including phenoxy) is 4. The van der Waals surface area contributed by atoms with Crippen LogP contribution >= 0.6 is 0 Å². The normalized spacial score (nSPS) is 39.8. The minimum absolute atomic E-state index is 0.00199. The van der Waals surface area contributed by atoms with Crippen molar-refractivity contribution in [2.75, 3.05) is 0 Å². The molecule has 0 radical (unpaired) electrons. The Morgan fingerprint density at radius 1 is 0.900 bits per heavy atom. The molecule has 0 amide bonds. The molecule has 7 saturated carbocycles. The van der Waals surface area contributed by atoms with Gasteiger partial charge in [-0.1, -0.05) is 41.5 Å². The maximum absolute atomic E-state index is 12.1. The van der Waals surface area contributed by atoms with Gasteiger partial charge in [0.05, 0.1) is 28.8 Å². The van der Waals surface area contributed by atoms with Crippen LogP contribution in [0.15, 0.2) is 0 Å². The smallest absolute Gasteiger partial charge is 0.311 e. The van der Waals surface area contributed by atoms with Crippen LogP contribution in [0, 0.1) is 52.8 Å². The molecule has 6 bridgehead atoms. The van der Waals surface area contributed by atoms with E-state index < -0.39 is 11.0 Å². The van der Waals surface area contributed by atoms with Crippen molar-refractivity contribution in [1.82, 2.24) is 0 Å². The molecule has 0 spiro atoms. The van der Waals surface area contributed by atoms with E-state index >= 15 is 0 Å². The summed E-state index contributed by atoms with van der Waals surface area (Å²) in [5, 5.41) is 10.6. The van der Waals surface area contributed by atoms with E-state index in [9.17, 15) is 24.3 Å². The maximum atomic E-state index is 12.1. The fraction of sp³-hybridized carbons (Fsp3) is 0.902. The van der Waals surface area contributed by atoms with Crippen molar-refractivity contribution in [3.63, 3.8) is 0 Å². The Labute approximate surface area is 300 Å². The van der Waals surface area contributed by atoms with Gasteiger partial charge in [0.25, 0.3) is 0 Å². The van der Waals surface area contributed by atoms with Crippen molar-refractivity contribution in [3.05, 3.63) is 0 Å². The van der Waals surface area contributed by atoms with Crippen LogP contribution in [-0.2, 0) is 38.1 Å². The summed E-state index contributed by atoms with van der Waals surface area (Å²) in [5.41, 5.74) is -1.33. The minimum atomic E-state index is -0.542.